The van der Waals surface area contributed by atoms with E-state index >= 15 is 0 Å². The van der Waals surface area contributed by atoms with Crippen LogP contribution in [0.25, 0.3) is 0 Å². The Balaban J connectivity index is 1.92. The van der Waals surface area contributed by atoms with Gasteiger partial charge in [-0.3, -0.25) is 9.59 Å². The maximum atomic E-state index is 12.8. The molecule has 120 valence electrons. The highest BCUT2D eigenvalue weighted by Gasteiger charge is 2.70. The zero-order valence-electron chi connectivity index (χ0n) is 12.6. The van der Waals surface area contributed by atoms with Gasteiger partial charge in [0.15, 0.2) is 0 Å². The Hall–Kier alpha value is -1.66. The van der Waals surface area contributed by atoms with Crippen molar-refractivity contribution in [1.82, 2.24) is 4.90 Å². The normalized spacial score (nSPS) is 38.6. The van der Waals surface area contributed by atoms with Crippen LogP contribution in [-0.2, 0) is 19.1 Å². The first-order valence-corrected chi connectivity index (χ1v) is 7.57. The first-order chi connectivity index (χ1) is 10.6. The summed E-state index contributed by atoms with van der Waals surface area (Å²) >= 11 is 0. The van der Waals surface area contributed by atoms with Gasteiger partial charge in [0.2, 0.25) is 5.91 Å². The lowest BCUT2D eigenvalue weighted by atomic mass is 9.74. The molecule has 2 fully saturated rings. The van der Waals surface area contributed by atoms with Crippen LogP contribution >= 0.6 is 0 Å². The van der Waals surface area contributed by atoms with Crippen LogP contribution in [0.1, 0.15) is 12.8 Å². The first-order valence-electron chi connectivity index (χ1n) is 7.57. The Bertz CT molecular complexity index is 531. The van der Waals surface area contributed by atoms with Crippen molar-refractivity contribution in [3.8, 4) is 0 Å². The minimum atomic E-state index is -0.967. The highest BCUT2D eigenvalue weighted by Crippen LogP contribution is 2.55. The van der Waals surface area contributed by atoms with E-state index in [2.05, 4.69) is 6.58 Å². The molecule has 6 heteroatoms. The van der Waals surface area contributed by atoms with Crippen molar-refractivity contribution >= 4 is 11.9 Å². The minimum absolute atomic E-state index is 0.123. The number of nitrogens with zero attached hydrogens (tertiary/aromatic N) is 1. The van der Waals surface area contributed by atoms with Crippen molar-refractivity contribution in [1.29, 1.82) is 0 Å². The molecule has 2 saturated heterocycles. The van der Waals surface area contributed by atoms with Crippen molar-refractivity contribution in [2.45, 2.75) is 30.6 Å². The number of fused-ring (bicyclic) bond motifs is 1. The van der Waals surface area contributed by atoms with Crippen LogP contribution in [0, 0.1) is 11.8 Å². The third-order valence-corrected chi connectivity index (χ3v) is 4.95. The van der Waals surface area contributed by atoms with E-state index in [0.717, 1.165) is 0 Å². The number of rotatable bonds is 7. The van der Waals surface area contributed by atoms with Gasteiger partial charge in [-0.1, -0.05) is 18.2 Å². The standard InChI is InChI=1S/C16H21NO5/c1-3-5-11-16-7-6-10(22-16)12(15(19)20)13(16)14(18)17(11)8-4-9-21-2/h3,6-7,10-13H,1,4-5,8-9H2,2H3,(H,19,20)/t10-,11+,12+,13-,16-/m1/s1. The van der Waals surface area contributed by atoms with Gasteiger partial charge < -0.3 is 19.5 Å². The molecule has 0 saturated carbocycles. The molecule has 0 aliphatic carbocycles. The third kappa shape index (κ3) is 1.94. The lowest BCUT2D eigenvalue weighted by molar-refractivity contribution is -0.148. The maximum absolute atomic E-state index is 12.8. The number of likely N-dealkylation sites (tertiary alicyclic amines) is 1. The van der Waals surface area contributed by atoms with E-state index in [-0.39, 0.29) is 11.9 Å². The molecule has 6 nitrogen and oxygen atoms in total. The Morgan fingerprint density at radius 2 is 2.41 bits per heavy atom. The van der Waals surface area contributed by atoms with Crippen LogP contribution in [0.3, 0.4) is 0 Å². The number of methoxy groups -OCH3 is 1. The molecule has 3 aliphatic heterocycles. The fourth-order valence-corrected chi connectivity index (χ4v) is 4.12. The number of amides is 1. The summed E-state index contributed by atoms with van der Waals surface area (Å²) in [5.41, 5.74) is -0.813. The lowest BCUT2D eigenvalue weighted by Crippen LogP contribution is -2.45. The van der Waals surface area contributed by atoms with Gasteiger partial charge in [0.1, 0.15) is 11.5 Å². The van der Waals surface area contributed by atoms with E-state index in [1.54, 1.807) is 24.2 Å². The largest absolute Gasteiger partial charge is 0.481 e. The molecule has 1 amide bonds. The number of carbonyl (C=O) groups is 2. The quantitative estimate of drug-likeness (QED) is 0.557. The monoisotopic (exact) mass is 307 g/mol. The van der Waals surface area contributed by atoms with E-state index in [9.17, 15) is 14.7 Å². The topological polar surface area (TPSA) is 76.1 Å². The second-order valence-electron chi connectivity index (χ2n) is 6.05. The van der Waals surface area contributed by atoms with Crippen molar-refractivity contribution in [2.24, 2.45) is 11.8 Å². The Morgan fingerprint density at radius 1 is 1.64 bits per heavy atom. The molecule has 3 aliphatic rings. The summed E-state index contributed by atoms with van der Waals surface area (Å²) in [6.07, 6.45) is 6.24. The molecule has 0 radical (unpaired) electrons. The molecule has 3 rings (SSSR count). The lowest BCUT2D eigenvalue weighted by Gasteiger charge is -2.32. The maximum Gasteiger partial charge on any atom is 0.310 e. The molecule has 3 heterocycles. The molecule has 1 spiro atoms. The molecule has 5 atom stereocenters. The third-order valence-electron chi connectivity index (χ3n) is 4.95. The molecular weight excluding hydrogens is 286 g/mol. The number of carbonyl (C=O) groups excluding carboxylic acids is 1. The second-order valence-corrected chi connectivity index (χ2v) is 6.05. The van der Waals surface area contributed by atoms with E-state index in [0.29, 0.717) is 26.0 Å². The van der Waals surface area contributed by atoms with Crippen LogP contribution < -0.4 is 0 Å². The van der Waals surface area contributed by atoms with Crippen molar-refractivity contribution in [3.05, 3.63) is 24.8 Å². The highest BCUT2D eigenvalue weighted by atomic mass is 16.5. The van der Waals surface area contributed by atoms with Crippen LogP contribution in [0.15, 0.2) is 24.8 Å². The fourth-order valence-electron chi connectivity index (χ4n) is 4.12. The van der Waals surface area contributed by atoms with Crippen LogP contribution in [0.2, 0.25) is 0 Å². The van der Waals surface area contributed by atoms with Crippen molar-refractivity contribution in [2.75, 3.05) is 20.3 Å². The summed E-state index contributed by atoms with van der Waals surface area (Å²) in [5.74, 6) is -2.52. The number of ether oxygens (including phenoxy) is 2. The molecule has 0 aromatic carbocycles. The summed E-state index contributed by atoms with van der Waals surface area (Å²) < 4.78 is 11.0. The SMILES string of the molecule is C=CC[C@@H]1N(CCCOC)C(=O)[C@H]2[C@@H](C(=O)O)[C@H]3C=C[C@@]12O3. The van der Waals surface area contributed by atoms with Gasteiger partial charge in [-0.05, 0) is 12.8 Å². The van der Waals surface area contributed by atoms with Gasteiger partial charge in [0.25, 0.3) is 0 Å². The summed E-state index contributed by atoms with van der Waals surface area (Å²) in [4.78, 5) is 26.2. The van der Waals surface area contributed by atoms with Crippen molar-refractivity contribution < 1.29 is 24.2 Å². The van der Waals surface area contributed by atoms with Gasteiger partial charge in [-0.25, -0.2) is 0 Å². The number of carboxylic acids is 1. The highest BCUT2D eigenvalue weighted by molar-refractivity contribution is 5.91. The molecule has 2 bridgehead atoms. The van der Waals surface area contributed by atoms with E-state index < -0.39 is 29.5 Å². The molecule has 0 unspecified atom stereocenters. The molecule has 0 aromatic heterocycles. The van der Waals surface area contributed by atoms with Crippen LogP contribution in [0.4, 0.5) is 0 Å². The van der Waals surface area contributed by atoms with E-state index in [1.807, 2.05) is 6.08 Å². The number of hydrogen-bond acceptors (Lipinski definition) is 4. The van der Waals surface area contributed by atoms with E-state index in [4.69, 9.17) is 9.47 Å². The predicted octanol–water partition coefficient (Wildman–Crippen LogP) is 0.834. The predicted molar refractivity (Wildman–Crippen MR) is 78.2 cm³/mol. The second kappa shape index (κ2) is 5.52. The van der Waals surface area contributed by atoms with E-state index in [1.165, 1.54) is 0 Å². The summed E-state index contributed by atoms with van der Waals surface area (Å²) in [6, 6.07) is -0.190. The first kappa shape index (κ1) is 15.2. The smallest absolute Gasteiger partial charge is 0.310 e. The number of aliphatic carboxylic acids is 1. The average Bonchev–Trinajstić information content (AvgIpc) is 3.11. The Morgan fingerprint density at radius 3 is 3.05 bits per heavy atom. The summed E-state index contributed by atoms with van der Waals surface area (Å²) in [7, 11) is 1.62. The molecule has 0 aromatic rings. The summed E-state index contributed by atoms with van der Waals surface area (Å²) in [6.45, 7) is 4.87. The van der Waals surface area contributed by atoms with Crippen molar-refractivity contribution in [3.63, 3.8) is 0 Å². The molecule has 1 N–H and O–H groups in total. The average molecular weight is 307 g/mol. The van der Waals surface area contributed by atoms with Gasteiger partial charge in [0.05, 0.1) is 18.1 Å². The zero-order chi connectivity index (χ0) is 15.9. The number of carboxylic acid groups (broad SMARTS) is 1. The summed E-state index contributed by atoms with van der Waals surface area (Å²) in [5, 5.41) is 9.49. The van der Waals surface area contributed by atoms with Gasteiger partial charge in [0, 0.05) is 20.3 Å². The Labute approximate surface area is 129 Å². The van der Waals surface area contributed by atoms with Crippen LogP contribution in [-0.4, -0.2) is 59.9 Å². The fraction of sp³-hybridized carbons (Fsp3) is 0.625. The van der Waals surface area contributed by atoms with Gasteiger partial charge >= 0.3 is 5.97 Å². The minimum Gasteiger partial charge on any atom is -0.481 e. The zero-order valence-corrected chi connectivity index (χ0v) is 12.6. The number of hydrogen-bond donors (Lipinski definition) is 1. The molecular formula is C16H21NO5. The van der Waals surface area contributed by atoms with Gasteiger partial charge in [-0.15, -0.1) is 6.58 Å². The molecule has 22 heavy (non-hydrogen) atoms. The van der Waals surface area contributed by atoms with Crippen LogP contribution in [0.5, 0.6) is 0 Å². The van der Waals surface area contributed by atoms with Gasteiger partial charge in [-0.2, -0.15) is 0 Å². The Kier molecular flexibility index (Phi) is 3.82.